The van der Waals surface area contributed by atoms with Gasteiger partial charge >= 0.3 is 5.97 Å². The first-order valence-corrected chi connectivity index (χ1v) is 20.2. The summed E-state index contributed by atoms with van der Waals surface area (Å²) in [6.07, 6.45) is 20.6. The molecule has 0 bridgehead atoms. The Labute approximate surface area is 328 Å². The number of carbonyl (C=O) groups is 1. The molecule has 4 aromatic rings. The fourth-order valence-electron chi connectivity index (χ4n) is 6.59. The fourth-order valence-corrected chi connectivity index (χ4v) is 6.59. The summed E-state index contributed by atoms with van der Waals surface area (Å²) in [6, 6.07) is 17.1. The van der Waals surface area contributed by atoms with Crippen LogP contribution in [0.4, 0.5) is 11.5 Å². The molecule has 3 aromatic carbocycles. The van der Waals surface area contributed by atoms with E-state index in [9.17, 15) is 9.90 Å². The molecule has 0 atom stereocenters. The van der Waals surface area contributed by atoms with Crippen LogP contribution in [0.15, 0.2) is 67.0 Å². The summed E-state index contributed by atoms with van der Waals surface area (Å²) >= 11 is 0. The number of carboxylic acid groups (broad SMARTS) is 1. The van der Waals surface area contributed by atoms with Crippen molar-refractivity contribution in [2.45, 2.75) is 104 Å². The molecule has 0 radical (unpaired) electrons. The highest BCUT2D eigenvalue weighted by molar-refractivity contribution is 5.94. The standard InChI is InChI=1S/C45H62N4O6/c1-5-7-9-11-13-18-25-49(26-19-14-12-10-8-6-2)27-20-28-54-42-30-37-39(32-41(42)53-4)46-34-47-45(37)48-38-31-43(55-33-35-21-16-15-17-22-35)40(52-3)29-36(38)23-24-44(50)51/h15-17,21-24,29-32,34H,5-14,18-20,25-28,33H2,1-4H3,(H,50,51)(H,46,47,48)/b24-23+. The van der Waals surface area contributed by atoms with Gasteiger partial charge in [0.05, 0.1) is 32.0 Å². The van der Waals surface area contributed by atoms with Gasteiger partial charge in [0.2, 0.25) is 0 Å². The maximum Gasteiger partial charge on any atom is 0.328 e. The van der Waals surface area contributed by atoms with Crippen molar-refractivity contribution in [3.8, 4) is 23.0 Å². The molecule has 0 spiro atoms. The summed E-state index contributed by atoms with van der Waals surface area (Å²) in [5, 5.41) is 13.6. The molecule has 0 aliphatic heterocycles. The van der Waals surface area contributed by atoms with Crippen LogP contribution in [0.1, 0.15) is 108 Å². The maximum atomic E-state index is 11.5. The predicted octanol–water partition coefficient (Wildman–Crippen LogP) is 10.9. The van der Waals surface area contributed by atoms with Gasteiger partial charge in [-0.05, 0) is 56.1 Å². The molecule has 1 aromatic heterocycles. The van der Waals surface area contributed by atoms with E-state index in [-0.39, 0.29) is 0 Å². The molecule has 0 amide bonds. The summed E-state index contributed by atoms with van der Waals surface area (Å²) in [6.45, 7) is 8.68. The molecular formula is C45H62N4O6. The minimum Gasteiger partial charge on any atom is -0.493 e. The monoisotopic (exact) mass is 754 g/mol. The van der Waals surface area contributed by atoms with Crippen LogP contribution in [-0.2, 0) is 11.4 Å². The van der Waals surface area contributed by atoms with Gasteiger partial charge in [-0.25, -0.2) is 14.8 Å². The molecule has 2 N–H and O–H groups in total. The van der Waals surface area contributed by atoms with Crippen LogP contribution in [0.2, 0.25) is 0 Å². The Morgan fingerprint density at radius 3 is 2.00 bits per heavy atom. The van der Waals surface area contributed by atoms with Crippen LogP contribution in [0.5, 0.6) is 23.0 Å². The van der Waals surface area contributed by atoms with Crippen LogP contribution < -0.4 is 24.3 Å². The number of ether oxygens (including phenoxy) is 4. The molecule has 298 valence electrons. The van der Waals surface area contributed by atoms with E-state index in [1.165, 1.54) is 89.5 Å². The van der Waals surface area contributed by atoms with Crippen molar-refractivity contribution in [2.24, 2.45) is 0 Å². The number of unbranched alkanes of at least 4 members (excludes halogenated alkanes) is 10. The number of nitrogens with zero attached hydrogens (tertiary/aromatic N) is 3. The van der Waals surface area contributed by atoms with Crippen LogP contribution in [0.3, 0.4) is 0 Å². The van der Waals surface area contributed by atoms with E-state index in [1.54, 1.807) is 26.4 Å². The molecule has 0 aliphatic carbocycles. The zero-order valence-corrected chi connectivity index (χ0v) is 33.5. The summed E-state index contributed by atoms with van der Waals surface area (Å²) in [5.41, 5.74) is 2.83. The van der Waals surface area contributed by atoms with Crippen LogP contribution >= 0.6 is 0 Å². The van der Waals surface area contributed by atoms with E-state index in [4.69, 9.17) is 18.9 Å². The van der Waals surface area contributed by atoms with Gasteiger partial charge in [-0.15, -0.1) is 0 Å². The molecule has 10 heteroatoms. The highest BCUT2D eigenvalue weighted by atomic mass is 16.5. The molecule has 1 heterocycles. The third kappa shape index (κ3) is 14.7. The van der Waals surface area contributed by atoms with Crippen LogP contribution in [0, 0.1) is 0 Å². The van der Waals surface area contributed by atoms with Gasteiger partial charge in [0.1, 0.15) is 18.8 Å². The van der Waals surface area contributed by atoms with Crippen LogP contribution in [-0.4, -0.2) is 66.4 Å². The lowest BCUT2D eigenvalue weighted by Crippen LogP contribution is -2.28. The number of rotatable bonds is 28. The average molecular weight is 755 g/mol. The minimum atomic E-state index is -1.07. The molecule has 55 heavy (non-hydrogen) atoms. The highest BCUT2D eigenvalue weighted by Gasteiger charge is 2.16. The molecule has 4 rings (SSSR count). The summed E-state index contributed by atoms with van der Waals surface area (Å²) in [4.78, 5) is 23.2. The lowest BCUT2D eigenvalue weighted by molar-refractivity contribution is -0.131. The van der Waals surface area contributed by atoms with Crippen LogP contribution in [0.25, 0.3) is 17.0 Å². The van der Waals surface area contributed by atoms with Crippen molar-refractivity contribution in [1.82, 2.24) is 14.9 Å². The molecule has 0 aliphatic rings. The number of benzene rings is 3. The average Bonchev–Trinajstić information content (AvgIpc) is 3.20. The molecule has 0 fully saturated rings. The normalized spacial score (nSPS) is 11.4. The molecule has 10 nitrogen and oxygen atoms in total. The molecule has 0 unspecified atom stereocenters. The molecular weight excluding hydrogens is 693 g/mol. The van der Waals surface area contributed by atoms with E-state index in [2.05, 4.69) is 34.0 Å². The molecule has 0 saturated carbocycles. The SMILES string of the molecule is CCCCCCCCN(CCCCCCCC)CCCOc1cc2c(Nc3cc(OCc4ccccc4)c(OC)cc3/C=C/C(=O)O)ncnc2cc1OC. The number of methoxy groups -OCH3 is 2. The van der Waals surface area contributed by atoms with E-state index in [0.29, 0.717) is 58.8 Å². The number of fused-ring (bicyclic) bond motifs is 1. The zero-order chi connectivity index (χ0) is 39.1. The Bertz CT molecular complexity index is 1730. The van der Waals surface area contributed by atoms with Crippen molar-refractivity contribution in [2.75, 3.05) is 45.8 Å². The van der Waals surface area contributed by atoms with E-state index < -0.39 is 5.97 Å². The van der Waals surface area contributed by atoms with E-state index >= 15 is 0 Å². The van der Waals surface area contributed by atoms with E-state index in [0.717, 1.165) is 43.1 Å². The zero-order valence-electron chi connectivity index (χ0n) is 33.5. The number of nitrogens with one attached hydrogen (secondary N) is 1. The smallest absolute Gasteiger partial charge is 0.328 e. The van der Waals surface area contributed by atoms with Gasteiger partial charge in [-0.3, -0.25) is 0 Å². The van der Waals surface area contributed by atoms with Gasteiger partial charge in [0.25, 0.3) is 0 Å². The van der Waals surface area contributed by atoms with E-state index in [1.807, 2.05) is 42.5 Å². The van der Waals surface area contributed by atoms with Crippen molar-refractivity contribution >= 4 is 34.5 Å². The summed E-state index contributed by atoms with van der Waals surface area (Å²) in [5.74, 6) is 1.62. The number of hydrogen-bond donors (Lipinski definition) is 2. The number of hydrogen-bond acceptors (Lipinski definition) is 9. The lowest BCUT2D eigenvalue weighted by atomic mass is 10.1. The van der Waals surface area contributed by atoms with Gasteiger partial charge in [0.15, 0.2) is 23.0 Å². The van der Waals surface area contributed by atoms with Crippen molar-refractivity contribution < 1.29 is 28.8 Å². The van der Waals surface area contributed by atoms with Crippen molar-refractivity contribution in [3.63, 3.8) is 0 Å². The maximum absolute atomic E-state index is 11.5. The van der Waals surface area contributed by atoms with Gasteiger partial charge in [-0.2, -0.15) is 0 Å². The summed E-state index contributed by atoms with van der Waals surface area (Å²) in [7, 11) is 3.19. The van der Waals surface area contributed by atoms with Crippen molar-refractivity contribution in [3.05, 3.63) is 78.1 Å². The number of anilines is 2. The first-order chi connectivity index (χ1) is 26.9. The Morgan fingerprint density at radius 2 is 1.35 bits per heavy atom. The number of aliphatic carboxylic acids is 1. The second kappa shape index (κ2) is 24.6. The minimum absolute atomic E-state index is 0.327. The Morgan fingerprint density at radius 1 is 0.727 bits per heavy atom. The Hall–Kier alpha value is -4.83. The topological polar surface area (TPSA) is 115 Å². The summed E-state index contributed by atoms with van der Waals surface area (Å²) < 4.78 is 24.0. The predicted molar refractivity (Wildman–Crippen MR) is 223 cm³/mol. The quantitative estimate of drug-likeness (QED) is 0.0429. The largest absolute Gasteiger partial charge is 0.493 e. The number of carboxylic acids is 1. The van der Waals surface area contributed by atoms with Gasteiger partial charge in [-0.1, -0.05) is 108 Å². The second-order valence-electron chi connectivity index (χ2n) is 14.0. The molecule has 0 saturated heterocycles. The van der Waals surface area contributed by atoms with Gasteiger partial charge < -0.3 is 34.3 Å². The third-order valence-corrected chi connectivity index (χ3v) is 9.68. The second-order valence-corrected chi connectivity index (χ2v) is 14.0. The number of aromatic nitrogens is 2. The Kier molecular flexibility index (Phi) is 19.2. The fraction of sp³-hybridized carbons (Fsp3) is 0.489. The first kappa shape index (κ1) is 42.9. The first-order valence-electron chi connectivity index (χ1n) is 20.2. The Balaban J connectivity index is 1.50. The van der Waals surface area contributed by atoms with Gasteiger partial charge in [0, 0.05) is 35.7 Å². The highest BCUT2D eigenvalue weighted by Crippen LogP contribution is 2.39. The lowest BCUT2D eigenvalue weighted by Gasteiger charge is -2.22. The third-order valence-electron chi connectivity index (χ3n) is 9.68. The van der Waals surface area contributed by atoms with Crippen molar-refractivity contribution in [1.29, 1.82) is 0 Å².